The maximum atomic E-state index is 12.8. The largest absolute Gasteiger partial charge is 0.464 e. The van der Waals surface area contributed by atoms with E-state index in [1.807, 2.05) is 26.0 Å². The molecule has 0 saturated heterocycles. The lowest BCUT2D eigenvalue weighted by atomic mass is 9.76. The van der Waals surface area contributed by atoms with Gasteiger partial charge in [-0.1, -0.05) is 44.2 Å². The second-order valence-electron chi connectivity index (χ2n) is 8.06. The zero-order valence-corrected chi connectivity index (χ0v) is 17.7. The molecule has 4 heteroatoms. The fourth-order valence-corrected chi connectivity index (χ4v) is 3.50. The maximum Gasteiger partial charge on any atom is 0.328 e. The van der Waals surface area contributed by atoms with E-state index in [1.54, 1.807) is 13.0 Å². The van der Waals surface area contributed by atoms with Gasteiger partial charge in [-0.05, 0) is 63.9 Å². The summed E-state index contributed by atoms with van der Waals surface area (Å²) >= 11 is 0. The van der Waals surface area contributed by atoms with Crippen LogP contribution in [0.1, 0.15) is 66.7 Å². The van der Waals surface area contributed by atoms with Gasteiger partial charge < -0.3 is 10.1 Å². The molecule has 1 atom stereocenters. The summed E-state index contributed by atoms with van der Waals surface area (Å²) in [6, 6.07) is -0.671. The number of nitrogens with one attached hydrogen (secondary N) is 1. The van der Waals surface area contributed by atoms with Gasteiger partial charge >= 0.3 is 5.97 Å². The molecular weight excluding hydrogens is 338 g/mol. The van der Waals surface area contributed by atoms with Crippen molar-refractivity contribution in [1.82, 2.24) is 5.32 Å². The van der Waals surface area contributed by atoms with E-state index in [0.29, 0.717) is 24.9 Å². The number of carbonyl (C=O) groups is 2. The Morgan fingerprint density at radius 2 is 1.78 bits per heavy atom. The van der Waals surface area contributed by atoms with Crippen LogP contribution < -0.4 is 5.32 Å². The summed E-state index contributed by atoms with van der Waals surface area (Å²) in [6.07, 6.45) is 9.99. The Morgan fingerprint density at radius 1 is 1.15 bits per heavy atom. The highest BCUT2D eigenvalue weighted by Crippen LogP contribution is 2.33. The Morgan fingerprint density at radius 3 is 2.26 bits per heavy atom. The summed E-state index contributed by atoms with van der Waals surface area (Å²) in [7, 11) is 0. The molecule has 0 aromatic heterocycles. The van der Waals surface area contributed by atoms with Crippen molar-refractivity contribution < 1.29 is 14.3 Å². The summed E-state index contributed by atoms with van der Waals surface area (Å²) in [5.74, 6) is 0.948. The van der Waals surface area contributed by atoms with Crippen molar-refractivity contribution in [3.05, 3.63) is 36.0 Å². The van der Waals surface area contributed by atoms with Crippen LogP contribution in [0.15, 0.2) is 36.0 Å². The number of ether oxygens (including phenoxy) is 1. The number of allylic oxidation sites excluding steroid dienone is 4. The van der Waals surface area contributed by atoms with E-state index in [1.165, 1.54) is 0 Å². The third kappa shape index (κ3) is 8.15. The molecule has 0 spiro atoms. The van der Waals surface area contributed by atoms with Gasteiger partial charge in [-0.15, -0.1) is 0 Å². The number of carbonyl (C=O) groups excluding carboxylic acids is 2. The summed E-state index contributed by atoms with van der Waals surface area (Å²) in [5, 5.41) is 2.95. The van der Waals surface area contributed by atoms with Crippen LogP contribution in [0.3, 0.4) is 0 Å². The number of amides is 1. The molecular formula is C23H37NO3. The van der Waals surface area contributed by atoms with Crippen molar-refractivity contribution in [3.8, 4) is 0 Å². The monoisotopic (exact) mass is 375 g/mol. The van der Waals surface area contributed by atoms with Crippen LogP contribution in [-0.4, -0.2) is 24.5 Å². The first-order chi connectivity index (χ1) is 12.8. The Bertz CT molecular complexity index is 562. The smallest absolute Gasteiger partial charge is 0.328 e. The highest BCUT2D eigenvalue weighted by atomic mass is 16.5. The molecule has 0 heterocycles. The highest BCUT2D eigenvalue weighted by Gasteiger charge is 2.30. The first-order valence-corrected chi connectivity index (χ1v) is 10.2. The van der Waals surface area contributed by atoms with Crippen LogP contribution >= 0.6 is 0 Å². The van der Waals surface area contributed by atoms with E-state index >= 15 is 0 Å². The lowest BCUT2D eigenvalue weighted by Crippen LogP contribution is -2.45. The minimum absolute atomic E-state index is 0.00845. The summed E-state index contributed by atoms with van der Waals surface area (Å²) < 4.78 is 5.18. The minimum Gasteiger partial charge on any atom is -0.464 e. The van der Waals surface area contributed by atoms with Gasteiger partial charge in [-0.3, -0.25) is 4.79 Å². The molecule has 0 aromatic carbocycles. The zero-order chi connectivity index (χ0) is 20.4. The van der Waals surface area contributed by atoms with E-state index < -0.39 is 6.04 Å². The number of hydrogen-bond donors (Lipinski definition) is 1. The molecule has 1 saturated carbocycles. The van der Waals surface area contributed by atoms with E-state index in [-0.39, 0.29) is 17.8 Å². The third-order valence-corrected chi connectivity index (χ3v) is 5.31. The molecule has 1 amide bonds. The van der Waals surface area contributed by atoms with Gasteiger partial charge in [0, 0.05) is 12.3 Å². The molecule has 1 N–H and O–H groups in total. The zero-order valence-electron chi connectivity index (χ0n) is 17.7. The van der Waals surface area contributed by atoms with Crippen LogP contribution in [0.2, 0.25) is 0 Å². The lowest BCUT2D eigenvalue weighted by Gasteiger charge is -2.31. The van der Waals surface area contributed by atoms with Crippen LogP contribution in [0.25, 0.3) is 0 Å². The first kappa shape index (κ1) is 23.2. The first-order valence-electron chi connectivity index (χ1n) is 10.2. The Hall–Kier alpha value is -1.84. The molecule has 0 radical (unpaired) electrons. The molecule has 27 heavy (non-hydrogen) atoms. The predicted octanol–water partition coefficient (Wildman–Crippen LogP) is 4.97. The normalized spacial score (nSPS) is 21.3. The van der Waals surface area contributed by atoms with Crippen molar-refractivity contribution in [2.75, 3.05) is 6.61 Å². The lowest BCUT2D eigenvalue weighted by molar-refractivity contribution is -0.148. The minimum atomic E-state index is -0.671. The molecule has 0 aliphatic heterocycles. The standard InChI is InChI=1S/C23H37NO3/c1-7-18(10-9-16(3)4)15-21(23(26)27-8-2)24-22(25)20-13-11-19(12-14-20)17(5)6/h7,9-10,17,19-21H,1,8,11-15H2,2-6H3,(H,24,25)/b18-10+/t19?,20?,21-/m1/s1. The van der Waals surface area contributed by atoms with Crippen molar-refractivity contribution in [2.24, 2.45) is 17.8 Å². The van der Waals surface area contributed by atoms with Gasteiger partial charge in [-0.25, -0.2) is 4.79 Å². The summed E-state index contributed by atoms with van der Waals surface area (Å²) in [4.78, 5) is 25.1. The Kier molecular flexibility index (Phi) is 10.1. The van der Waals surface area contributed by atoms with E-state index in [2.05, 4.69) is 25.7 Å². The quantitative estimate of drug-likeness (QED) is 0.457. The van der Waals surface area contributed by atoms with Crippen LogP contribution in [0, 0.1) is 17.8 Å². The summed E-state index contributed by atoms with van der Waals surface area (Å²) in [6.45, 7) is 14.4. The van der Waals surface area contributed by atoms with Gasteiger partial charge in [0.25, 0.3) is 0 Å². The van der Waals surface area contributed by atoms with E-state index in [4.69, 9.17) is 4.74 Å². The van der Waals surface area contributed by atoms with E-state index in [9.17, 15) is 9.59 Å². The second kappa shape index (κ2) is 11.8. The Labute approximate surface area is 165 Å². The number of hydrogen-bond acceptors (Lipinski definition) is 3. The molecule has 1 rings (SSSR count). The topological polar surface area (TPSA) is 55.4 Å². The molecule has 1 aliphatic carbocycles. The fraction of sp³-hybridized carbons (Fsp3) is 0.652. The van der Waals surface area contributed by atoms with Crippen molar-refractivity contribution in [1.29, 1.82) is 0 Å². The van der Waals surface area contributed by atoms with Gasteiger partial charge in [0.15, 0.2) is 0 Å². The average molecular weight is 376 g/mol. The molecule has 1 fully saturated rings. The molecule has 152 valence electrons. The molecule has 0 aromatic rings. The van der Waals surface area contributed by atoms with Gasteiger partial charge in [-0.2, -0.15) is 0 Å². The van der Waals surface area contributed by atoms with Crippen LogP contribution in [0.5, 0.6) is 0 Å². The molecule has 0 bridgehead atoms. The van der Waals surface area contributed by atoms with Crippen LogP contribution in [0.4, 0.5) is 0 Å². The molecule has 1 aliphatic rings. The van der Waals surface area contributed by atoms with E-state index in [0.717, 1.165) is 36.8 Å². The SMILES string of the molecule is C=C/C(=C\C=C(C)C)C[C@@H](NC(=O)C1CCC(C(C)C)CC1)C(=O)OCC. The van der Waals surface area contributed by atoms with Crippen molar-refractivity contribution >= 4 is 11.9 Å². The maximum absolute atomic E-state index is 12.8. The number of esters is 1. The van der Waals surface area contributed by atoms with Gasteiger partial charge in [0.05, 0.1) is 6.61 Å². The average Bonchev–Trinajstić information content (AvgIpc) is 2.64. The third-order valence-electron chi connectivity index (χ3n) is 5.31. The summed E-state index contributed by atoms with van der Waals surface area (Å²) in [5.41, 5.74) is 2.06. The Balaban J connectivity index is 2.78. The van der Waals surface area contributed by atoms with Gasteiger partial charge in [0.2, 0.25) is 5.91 Å². The van der Waals surface area contributed by atoms with Crippen molar-refractivity contribution in [3.63, 3.8) is 0 Å². The molecule has 4 nitrogen and oxygen atoms in total. The fourth-order valence-electron chi connectivity index (χ4n) is 3.50. The second-order valence-corrected chi connectivity index (χ2v) is 8.06. The molecule has 0 unspecified atom stereocenters. The number of rotatable bonds is 9. The van der Waals surface area contributed by atoms with Gasteiger partial charge in [0.1, 0.15) is 6.04 Å². The van der Waals surface area contributed by atoms with Crippen molar-refractivity contribution in [2.45, 2.75) is 72.8 Å². The van der Waals surface area contributed by atoms with Crippen LogP contribution in [-0.2, 0) is 14.3 Å². The predicted molar refractivity (Wildman–Crippen MR) is 111 cm³/mol. The highest BCUT2D eigenvalue weighted by molar-refractivity contribution is 5.86.